The predicted octanol–water partition coefficient (Wildman–Crippen LogP) is -0.0825. The van der Waals surface area contributed by atoms with Crippen molar-refractivity contribution in [2.75, 3.05) is 45.9 Å². The van der Waals surface area contributed by atoms with Gasteiger partial charge in [0.25, 0.3) is 0 Å². The van der Waals surface area contributed by atoms with Crippen LogP contribution in [0.5, 0.6) is 0 Å². The van der Waals surface area contributed by atoms with Gasteiger partial charge in [0.2, 0.25) is 5.91 Å². The molecule has 0 bridgehead atoms. The number of rotatable bonds is 3. The van der Waals surface area contributed by atoms with Crippen LogP contribution < -0.4 is 5.32 Å². The molecule has 3 saturated heterocycles. The molecule has 3 heterocycles. The molecule has 0 aromatic heterocycles. The van der Waals surface area contributed by atoms with Crippen molar-refractivity contribution < 1.29 is 9.53 Å². The van der Waals surface area contributed by atoms with E-state index in [1.807, 2.05) is 4.90 Å². The fourth-order valence-corrected chi connectivity index (χ4v) is 3.48. The van der Waals surface area contributed by atoms with Gasteiger partial charge in [-0.05, 0) is 12.8 Å². The van der Waals surface area contributed by atoms with Crippen LogP contribution in [0.4, 0.5) is 0 Å². The molecule has 3 fully saturated rings. The Balaban J connectivity index is 1.48. The summed E-state index contributed by atoms with van der Waals surface area (Å²) in [4.78, 5) is 17.0. The lowest BCUT2D eigenvalue weighted by Crippen LogP contribution is -2.64. The van der Waals surface area contributed by atoms with Crippen LogP contribution in [0.2, 0.25) is 0 Å². The van der Waals surface area contributed by atoms with Gasteiger partial charge < -0.3 is 15.0 Å². The summed E-state index contributed by atoms with van der Waals surface area (Å²) >= 11 is 0. The molecule has 3 rings (SSSR count). The molecule has 0 aromatic rings. The third-order valence-corrected chi connectivity index (χ3v) is 4.77. The smallest absolute Gasteiger partial charge is 0.228 e. The average molecular weight is 267 g/mol. The zero-order chi connectivity index (χ0) is 13.2. The Bertz CT molecular complexity index is 325. The molecule has 0 aromatic carbocycles. The van der Waals surface area contributed by atoms with Crippen LogP contribution in [0.1, 0.15) is 19.8 Å². The van der Waals surface area contributed by atoms with Crippen molar-refractivity contribution in [1.82, 2.24) is 15.1 Å². The molecule has 2 atom stereocenters. The minimum atomic E-state index is 0.119. The van der Waals surface area contributed by atoms with E-state index in [4.69, 9.17) is 4.74 Å². The Labute approximate surface area is 115 Å². The van der Waals surface area contributed by atoms with Crippen LogP contribution in [-0.4, -0.2) is 73.7 Å². The van der Waals surface area contributed by atoms with Gasteiger partial charge in [-0.25, -0.2) is 0 Å². The quantitative estimate of drug-likeness (QED) is 0.777. The topological polar surface area (TPSA) is 44.8 Å². The van der Waals surface area contributed by atoms with Gasteiger partial charge >= 0.3 is 0 Å². The SMILES string of the molecule is CCC1OCCC1C(=O)N1CC(N2CCNCC2)C1. The van der Waals surface area contributed by atoms with Crippen molar-refractivity contribution in [3.05, 3.63) is 0 Å². The van der Waals surface area contributed by atoms with E-state index in [0.29, 0.717) is 11.9 Å². The van der Waals surface area contributed by atoms with Gasteiger partial charge in [0, 0.05) is 51.9 Å². The summed E-state index contributed by atoms with van der Waals surface area (Å²) in [5, 5.41) is 3.37. The number of amides is 1. The number of likely N-dealkylation sites (tertiary alicyclic amines) is 1. The second-order valence-electron chi connectivity index (χ2n) is 5.90. The molecular formula is C14H25N3O2. The Morgan fingerprint density at radius 2 is 2.05 bits per heavy atom. The lowest BCUT2D eigenvalue weighted by molar-refractivity contribution is -0.145. The molecule has 3 aliphatic rings. The van der Waals surface area contributed by atoms with Crippen molar-refractivity contribution in [2.45, 2.75) is 31.9 Å². The van der Waals surface area contributed by atoms with E-state index in [2.05, 4.69) is 17.1 Å². The van der Waals surface area contributed by atoms with Gasteiger partial charge in [-0.2, -0.15) is 0 Å². The molecule has 0 radical (unpaired) electrons. The highest BCUT2D eigenvalue weighted by molar-refractivity contribution is 5.80. The molecule has 19 heavy (non-hydrogen) atoms. The number of hydrogen-bond donors (Lipinski definition) is 1. The fraction of sp³-hybridized carbons (Fsp3) is 0.929. The zero-order valence-electron chi connectivity index (χ0n) is 11.8. The predicted molar refractivity (Wildman–Crippen MR) is 72.9 cm³/mol. The maximum atomic E-state index is 12.4. The average Bonchev–Trinajstić information content (AvgIpc) is 2.86. The standard InChI is InChI=1S/C14H25N3O2/c1-2-13-12(3-8-19-13)14(18)17-9-11(10-17)16-6-4-15-5-7-16/h11-13,15H,2-10H2,1H3. The van der Waals surface area contributed by atoms with Crippen LogP contribution in [0.15, 0.2) is 0 Å². The molecule has 0 saturated carbocycles. The number of hydrogen-bond acceptors (Lipinski definition) is 4. The molecule has 2 unspecified atom stereocenters. The monoisotopic (exact) mass is 267 g/mol. The van der Waals surface area contributed by atoms with Crippen LogP contribution in [0, 0.1) is 5.92 Å². The van der Waals surface area contributed by atoms with Crippen molar-refractivity contribution in [2.24, 2.45) is 5.92 Å². The van der Waals surface area contributed by atoms with E-state index in [0.717, 1.165) is 58.7 Å². The van der Waals surface area contributed by atoms with Crippen LogP contribution in [-0.2, 0) is 9.53 Å². The minimum absolute atomic E-state index is 0.119. The van der Waals surface area contributed by atoms with E-state index in [9.17, 15) is 4.79 Å². The molecule has 5 heteroatoms. The molecular weight excluding hydrogens is 242 g/mol. The molecule has 108 valence electrons. The Morgan fingerprint density at radius 1 is 1.32 bits per heavy atom. The first-order valence-electron chi connectivity index (χ1n) is 7.64. The third kappa shape index (κ3) is 2.64. The van der Waals surface area contributed by atoms with Crippen LogP contribution in [0.3, 0.4) is 0 Å². The van der Waals surface area contributed by atoms with Gasteiger partial charge in [-0.3, -0.25) is 9.69 Å². The molecule has 1 N–H and O–H groups in total. The summed E-state index contributed by atoms with van der Waals surface area (Å²) in [6, 6.07) is 0.591. The van der Waals surface area contributed by atoms with E-state index >= 15 is 0 Å². The molecule has 1 amide bonds. The van der Waals surface area contributed by atoms with E-state index in [1.54, 1.807) is 0 Å². The molecule has 3 aliphatic heterocycles. The summed E-state index contributed by atoms with van der Waals surface area (Å²) in [6.07, 6.45) is 2.02. The lowest BCUT2D eigenvalue weighted by Gasteiger charge is -2.47. The number of nitrogens with one attached hydrogen (secondary N) is 1. The number of piperazine rings is 1. The van der Waals surface area contributed by atoms with Crippen LogP contribution in [0.25, 0.3) is 0 Å². The van der Waals surface area contributed by atoms with Gasteiger partial charge in [0.1, 0.15) is 0 Å². The molecule has 0 aliphatic carbocycles. The Hall–Kier alpha value is -0.650. The minimum Gasteiger partial charge on any atom is -0.377 e. The summed E-state index contributed by atoms with van der Waals surface area (Å²) in [5.74, 6) is 0.449. The summed E-state index contributed by atoms with van der Waals surface area (Å²) < 4.78 is 5.63. The van der Waals surface area contributed by atoms with E-state index in [1.165, 1.54) is 0 Å². The zero-order valence-corrected chi connectivity index (χ0v) is 11.8. The van der Waals surface area contributed by atoms with Gasteiger partial charge in [-0.15, -0.1) is 0 Å². The number of carbonyl (C=O) groups excluding carboxylic acids is 1. The Morgan fingerprint density at radius 3 is 2.74 bits per heavy atom. The van der Waals surface area contributed by atoms with Crippen LogP contribution >= 0.6 is 0 Å². The first-order valence-corrected chi connectivity index (χ1v) is 7.64. The number of carbonyl (C=O) groups is 1. The first kappa shape index (κ1) is 13.3. The summed E-state index contributed by atoms with van der Waals surface area (Å²) in [7, 11) is 0. The van der Waals surface area contributed by atoms with Crippen molar-refractivity contribution in [3.63, 3.8) is 0 Å². The lowest BCUT2D eigenvalue weighted by atomic mass is 9.95. The van der Waals surface area contributed by atoms with E-state index in [-0.39, 0.29) is 12.0 Å². The second kappa shape index (κ2) is 5.77. The Kier molecular flexibility index (Phi) is 4.05. The largest absolute Gasteiger partial charge is 0.377 e. The van der Waals surface area contributed by atoms with Crippen molar-refractivity contribution >= 4 is 5.91 Å². The third-order valence-electron chi connectivity index (χ3n) is 4.77. The van der Waals surface area contributed by atoms with Gasteiger partial charge in [0.15, 0.2) is 0 Å². The van der Waals surface area contributed by atoms with E-state index < -0.39 is 0 Å². The molecule has 5 nitrogen and oxygen atoms in total. The number of ether oxygens (including phenoxy) is 1. The highest BCUT2D eigenvalue weighted by Crippen LogP contribution is 2.28. The first-order chi connectivity index (χ1) is 9.29. The second-order valence-corrected chi connectivity index (χ2v) is 5.90. The van der Waals surface area contributed by atoms with Crippen molar-refractivity contribution in [1.29, 1.82) is 0 Å². The van der Waals surface area contributed by atoms with Gasteiger partial charge in [0.05, 0.1) is 12.0 Å². The highest BCUT2D eigenvalue weighted by Gasteiger charge is 2.41. The van der Waals surface area contributed by atoms with Crippen molar-refractivity contribution in [3.8, 4) is 0 Å². The maximum Gasteiger partial charge on any atom is 0.228 e. The maximum absolute atomic E-state index is 12.4. The van der Waals surface area contributed by atoms with Gasteiger partial charge in [-0.1, -0.05) is 6.92 Å². The highest BCUT2D eigenvalue weighted by atomic mass is 16.5. The molecule has 0 spiro atoms. The normalized spacial score (nSPS) is 33.4. The summed E-state index contributed by atoms with van der Waals surface area (Å²) in [5.41, 5.74) is 0. The number of nitrogens with zero attached hydrogens (tertiary/aromatic N) is 2. The fourth-order valence-electron chi connectivity index (χ4n) is 3.48. The summed E-state index contributed by atoms with van der Waals surface area (Å²) in [6.45, 7) is 9.11.